The summed E-state index contributed by atoms with van der Waals surface area (Å²) in [7, 11) is 1.57. The monoisotopic (exact) mass is 332 g/mol. The summed E-state index contributed by atoms with van der Waals surface area (Å²) in [6, 6.07) is 7.48. The Morgan fingerprint density at radius 2 is 2.00 bits per heavy atom. The molecular weight excluding hydrogens is 308 g/mol. The van der Waals surface area contributed by atoms with Crippen LogP contribution in [-0.2, 0) is 16.1 Å². The molecule has 0 aliphatic heterocycles. The Morgan fingerprint density at radius 1 is 1.29 bits per heavy atom. The molecule has 0 radical (unpaired) electrons. The lowest BCUT2D eigenvalue weighted by molar-refractivity contribution is -0.122. The average Bonchev–Trinajstić information content (AvgIpc) is 2.90. The fourth-order valence-corrected chi connectivity index (χ4v) is 2.57. The zero-order valence-corrected chi connectivity index (χ0v) is 14.6. The molecule has 1 aromatic heterocycles. The number of benzene rings is 1. The summed E-state index contributed by atoms with van der Waals surface area (Å²) in [5, 5.41) is 3.64. The first-order valence-corrected chi connectivity index (χ1v) is 8.05. The van der Waals surface area contributed by atoms with Crippen molar-refractivity contribution in [2.75, 3.05) is 20.2 Å². The van der Waals surface area contributed by atoms with E-state index in [2.05, 4.69) is 5.32 Å². The molecule has 0 bridgehead atoms. The van der Waals surface area contributed by atoms with Gasteiger partial charge >= 0.3 is 0 Å². The van der Waals surface area contributed by atoms with Crippen LogP contribution in [0.4, 0.5) is 0 Å². The third kappa shape index (κ3) is 3.94. The van der Waals surface area contributed by atoms with E-state index in [1.165, 1.54) is 4.90 Å². The number of rotatable bonds is 7. The molecule has 2 amide bonds. The predicted octanol–water partition coefficient (Wildman–Crippen LogP) is 2.57. The largest absolute Gasteiger partial charge is 0.451 e. The highest BCUT2D eigenvalue weighted by Gasteiger charge is 2.25. The van der Waals surface area contributed by atoms with E-state index in [1.807, 2.05) is 45.0 Å². The number of methoxy groups -OCH3 is 1. The zero-order valence-electron chi connectivity index (χ0n) is 14.6. The van der Waals surface area contributed by atoms with Crippen LogP contribution in [0.2, 0.25) is 0 Å². The molecule has 1 aromatic carbocycles. The van der Waals surface area contributed by atoms with Gasteiger partial charge in [0.05, 0.1) is 13.2 Å². The maximum atomic E-state index is 12.9. The predicted molar refractivity (Wildman–Crippen MR) is 91.8 cm³/mol. The molecule has 0 spiro atoms. The second kappa shape index (κ2) is 7.97. The van der Waals surface area contributed by atoms with Gasteiger partial charge in [-0.1, -0.05) is 18.2 Å². The van der Waals surface area contributed by atoms with E-state index in [1.54, 1.807) is 7.11 Å². The van der Waals surface area contributed by atoms with Crippen LogP contribution in [0.15, 0.2) is 28.7 Å². The topological polar surface area (TPSA) is 71.8 Å². The highest BCUT2D eigenvalue weighted by atomic mass is 16.5. The van der Waals surface area contributed by atoms with Crippen LogP contribution >= 0.6 is 0 Å². The van der Waals surface area contributed by atoms with Gasteiger partial charge in [-0.05, 0) is 26.8 Å². The molecule has 2 aromatic rings. The summed E-state index contributed by atoms with van der Waals surface area (Å²) in [5.41, 5.74) is 1.34. The van der Waals surface area contributed by atoms with Crippen molar-refractivity contribution in [1.82, 2.24) is 10.2 Å². The number of carbonyl (C=O) groups excluding carboxylic acids is 2. The quantitative estimate of drug-likeness (QED) is 0.846. The summed E-state index contributed by atoms with van der Waals surface area (Å²) in [6.07, 6.45) is 0. The first-order chi connectivity index (χ1) is 11.5. The lowest BCUT2D eigenvalue weighted by Gasteiger charge is -2.20. The van der Waals surface area contributed by atoms with Crippen LogP contribution in [-0.4, -0.2) is 43.0 Å². The third-order valence-corrected chi connectivity index (χ3v) is 3.63. The summed E-state index contributed by atoms with van der Waals surface area (Å²) >= 11 is 0. The lowest BCUT2D eigenvalue weighted by atomic mass is 10.1. The van der Waals surface area contributed by atoms with Crippen molar-refractivity contribution >= 4 is 22.8 Å². The van der Waals surface area contributed by atoms with Crippen molar-refractivity contribution < 1.29 is 18.7 Å². The Bertz CT molecular complexity index is 721. The number of carbonyl (C=O) groups is 2. The minimum Gasteiger partial charge on any atom is -0.451 e. The smallest absolute Gasteiger partial charge is 0.290 e. The maximum absolute atomic E-state index is 12.9. The van der Waals surface area contributed by atoms with Crippen LogP contribution in [0.5, 0.6) is 0 Å². The molecule has 0 atom stereocenters. The van der Waals surface area contributed by atoms with Crippen LogP contribution in [0.3, 0.4) is 0 Å². The second-order valence-electron chi connectivity index (χ2n) is 5.88. The molecule has 0 fully saturated rings. The first-order valence-electron chi connectivity index (χ1n) is 8.05. The number of hydrogen-bond acceptors (Lipinski definition) is 4. The summed E-state index contributed by atoms with van der Waals surface area (Å²) in [5.74, 6) is -0.262. The van der Waals surface area contributed by atoms with Crippen LogP contribution < -0.4 is 5.32 Å². The normalized spacial score (nSPS) is 11.0. The van der Waals surface area contributed by atoms with Crippen LogP contribution in [0.25, 0.3) is 11.0 Å². The first kappa shape index (κ1) is 18.0. The number of amides is 2. The Kier molecular flexibility index (Phi) is 5.98. The Balaban J connectivity index is 2.31. The van der Waals surface area contributed by atoms with E-state index >= 15 is 0 Å². The van der Waals surface area contributed by atoms with Gasteiger partial charge in [-0.2, -0.15) is 0 Å². The zero-order chi connectivity index (χ0) is 17.7. The highest BCUT2D eigenvalue weighted by molar-refractivity contribution is 6.00. The maximum Gasteiger partial charge on any atom is 0.290 e. The van der Waals surface area contributed by atoms with Crippen molar-refractivity contribution in [3.63, 3.8) is 0 Å². The molecule has 0 unspecified atom stereocenters. The van der Waals surface area contributed by atoms with Crippen LogP contribution in [0, 0.1) is 0 Å². The van der Waals surface area contributed by atoms with Crippen molar-refractivity contribution in [1.29, 1.82) is 0 Å². The van der Waals surface area contributed by atoms with Gasteiger partial charge in [-0.25, -0.2) is 0 Å². The fraction of sp³-hybridized carbons (Fsp3) is 0.444. The third-order valence-electron chi connectivity index (χ3n) is 3.63. The number of likely N-dealkylation sites (N-methyl/N-ethyl adjacent to an activating group) is 1. The number of hydrogen-bond donors (Lipinski definition) is 1. The van der Waals surface area contributed by atoms with Crippen molar-refractivity contribution in [2.45, 2.75) is 33.4 Å². The molecule has 1 heterocycles. The molecule has 0 aliphatic carbocycles. The highest BCUT2D eigenvalue weighted by Crippen LogP contribution is 2.27. The van der Waals surface area contributed by atoms with E-state index in [0.717, 1.165) is 5.39 Å². The van der Waals surface area contributed by atoms with E-state index in [4.69, 9.17) is 9.15 Å². The Hall–Kier alpha value is -2.34. The number of nitrogens with zero attached hydrogens (tertiary/aromatic N) is 1. The lowest BCUT2D eigenvalue weighted by Crippen LogP contribution is -2.42. The van der Waals surface area contributed by atoms with Crippen molar-refractivity contribution in [2.24, 2.45) is 0 Å². The van der Waals surface area contributed by atoms with Crippen molar-refractivity contribution in [3.8, 4) is 0 Å². The molecule has 24 heavy (non-hydrogen) atoms. The molecule has 0 saturated heterocycles. The van der Waals surface area contributed by atoms with Gasteiger partial charge in [0.1, 0.15) is 5.58 Å². The van der Waals surface area contributed by atoms with Crippen molar-refractivity contribution in [3.05, 3.63) is 35.6 Å². The molecule has 1 N–H and O–H groups in total. The minimum atomic E-state index is -0.306. The Morgan fingerprint density at radius 3 is 2.62 bits per heavy atom. The number of furan rings is 1. The number of ether oxygens (including phenoxy) is 1. The number of para-hydroxylation sites is 1. The molecule has 0 saturated carbocycles. The summed E-state index contributed by atoms with van der Waals surface area (Å²) in [6.45, 7) is 6.27. The van der Waals surface area contributed by atoms with E-state index in [9.17, 15) is 9.59 Å². The van der Waals surface area contributed by atoms with E-state index in [-0.39, 0.29) is 36.8 Å². The number of fused-ring (bicyclic) bond motifs is 1. The fourth-order valence-electron chi connectivity index (χ4n) is 2.57. The molecule has 130 valence electrons. The van der Waals surface area contributed by atoms with Gasteiger partial charge in [-0.3, -0.25) is 9.59 Å². The van der Waals surface area contributed by atoms with E-state index < -0.39 is 0 Å². The van der Waals surface area contributed by atoms with Gasteiger partial charge in [0.2, 0.25) is 5.91 Å². The summed E-state index contributed by atoms with van der Waals surface area (Å²) < 4.78 is 11.0. The molecule has 2 rings (SSSR count). The van der Waals surface area contributed by atoms with Crippen LogP contribution in [0.1, 0.15) is 36.9 Å². The van der Waals surface area contributed by atoms with Gasteiger partial charge in [0, 0.05) is 30.6 Å². The molecule has 0 aliphatic rings. The minimum absolute atomic E-state index is 0.00300. The van der Waals surface area contributed by atoms with Gasteiger partial charge in [-0.15, -0.1) is 0 Å². The SMILES string of the molecule is CCN(CC(=O)NC(C)C)C(=O)c1oc2ccccc2c1COC. The molecule has 6 heteroatoms. The van der Waals surface area contributed by atoms with E-state index in [0.29, 0.717) is 17.7 Å². The van der Waals surface area contributed by atoms with Gasteiger partial charge < -0.3 is 19.4 Å². The Labute approximate surface area is 141 Å². The number of nitrogens with one attached hydrogen (secondary N) is 1. The molecule has 6 nitrogen and oxygen atoms in total. The average molecular weight is 332 g/mol. The molecular formula is C18H24N2O4. The second-order valence-corrected chi connectivity index (χ2v) is 5.88. The standard InChI is InChI=1S/C18H24N2O4/c1-5-20(10-16(21)19-12(2)3)18(22)17-14(11-23-4)13-8-6-7-9-15(13)24-17/h6-9,12H,5,10-11H2,1-4H3,(H,19,21). The summed E-state index contributed by atoms with van der Waals surface area (Å²) in [4.78, 5) is 26.3. The van der Waals surface area contributed by atoms with Gasteiger partial charge in [0.15, 0.2) is 5.76 Å². The van der Waals surface area contributed by atoms with Gasteiger partial charge in [0.25, 0.3) is 5.91 Å².